The second kappa shape index (κ2) is 8.33. The van der Waals surface area contributed by atoms with E-state index in [1.54, 1.807) is 11.0 Å². The zero-order chi connectivity index (χ0) is 19.3. The number of hydrogen-bond donors (Lipinski definition) is 1. The molecule has 2 aromatic heterocycles. The lowest BCUT2D eigenvalue weighted by Gasteiger charge is -2.07. The Morgan fingerprint density at radius 3 is 2.64 bits per heavy atom. The minimum absolute atomic E-state index is 0.477. The van der Waals surface area contributed by atoms with Gasteiger partial charge in [-0.15, -0.1) is 11.3 Å². The predicted molar refractivity (Wildman–Crippen MR) is 114 cm³/mol. The van der Waals surface area contributed by atoms with E-state index >= 15 is 0 Å². The van der Waals surface area contributed by atoms with Crippen LogP contribution in [0.2, 0.25) is 5.02 Å². The van der Waals surface area contributed by atoms with Gasteiger partial charge in [0, 0.05) is 16.0 Å². The number of aromatic nitrogens is 4. The Kier molecular flexibility index (Phi) is 5.45. The fraction of sp³-hybridized carbons (Fsp3) is 0.100. The van der Waals surface area contributed by atoms with Gasteiger partial charge < -0.3 is 0 Å². The topological polar surface area (TPSA) is 68.0 Å². The van der Waals surface area contributed by atoms with Crippen molar-refractivity contribution in [1.82, 2.24) is 19.7 Å². The summed E-state index contributed by atoms with van der Waals surface area (Å²) in [7, 11) is 0. The number of thiazole rings is 1. The lowest BCUT2D eigenvalue weighted by atomic mass is 10.1. The van der Waals surface area contributed by atoms with E-state index in [9.17, 15) is 0 Å². The van der Waals surface area contributed by atoms with Gasteiger partial charge in [0.2, 0.25) is 5.13 Å². The van der Waals surface area contributed by atoms with Gasteiger partial charge >= 0.3 is 0 Å². The Hall–Kier alpha value is -3.03. The van der Waals surface area contributed by atoms with Crippen LogP contribution in [-0.4, -0.2) is 25.5 Å². The Morgan fingerprint density at radius 2 is 1.93 bits per heavy atom. The molecular formula is C20H17ClN6S. The van der Waals surface area contributed by atoms with Crippen molar-refractivity contribution < 1.29 is 0 Å². The number of hydrazone groups is 1. The van der Waals surface area contributed by atoms with E-state index < -0.39 is 0 Å². The first kappa shape index (κ1) is 18.3. The fourth-order valence-corrected chi connectivity index (χ4v) is 3.39. The molecule has 0 fully saturated rings. The largest absolute Gasteiger partial charge is 0.252 e. The molecule has 2 heterocycles. The molecule has 2 aromatic carbocycles. The highest BCUT2D eigenvalue weighted by atomic mass is 35.5. The summed E-state index contributed by atoms with van der Waals surface area (Å²) in [5.41, 5.74) is 8.05. The quantitative estimate of drug-likeness (QED) is 0.364. The maximum atomic E-state index is 6.01. The summed E-state index contributed by atoms with van der Waals surface area (Å²) >= 11 is 7.52. The van der Waals surface area contributed by atoms with Crippen molar-refractivity contribution in [2.24, 2.45) is 5.10 Å². The van der Waals surface area contributed by atoms with Crippen molar-refractivity contribution in [3.05, 3.63) is 82.7 Å². The second-order valence-electron chi connectivity index (χ2n) is 6.17. The highest BCUT2D eigenvalue weighted by Gasteiger charge is 2.08. The normalized spacial score (nSPS) is 11.6. The average Bonchev–Trinajstić information content (AvgIpc) is 3.38. The molecule has 0 saturated heterocycles. The van der Waals surface area contributed by atoms with Crippen LogP contribution in [0.5, 0.6) is 0 Å². The maximum absolute atomic E-state index is 6.01. The molecule has 0 spiro atoms. The van der Waals surface area contributed by atoms with Crippen LogP contribution < -0.4 is 5.43 Å². The maximum Gasteiger partial charge on any atom is 0.203 e. The van der Waals surface area contributed by atoms with E-state index in [1.165, 1.54) is 23.2 Å². The van der Waals surface area contributed by atoms with Crippen molar-refractivity contribution in [2.75, 3.05) is 5.43 Å². The number of rotatable bonds is 6. The number of nitrogens with zero attached hydrogens (tertiary/aromatic N) is 5. The molecule has 6 nitrogen and oxygen atoms in total. The third-order valence-corrected chi connectivity index (χ3v) is 5.09. The molecule has 0 saturated carbocycles. The molecule has 0 aliphatic heterocycles. The molecule has 140 valence electrons. The Bertz CT molecular complexity index is 1070. The van der Waals surface area contributed by atoms with Crippen LogP contribution in [0.4, 0.5) is 5.13 Å². The number of anilines is 1. The van der Waals surface area contributed by atoms with Crippen molar-refractivity contribution in [3.8, 4) is 11.3 Å². The van der Waals surface area contributed by atoms with Crippen LogP contribution in [0.3, 0.4) is 0 Å². The van der Waals surface area contributed by atoms with Crippen molar-refractivity contribution in [2.45, 2.75) is 13.5 Å². The van der Waals surface area contributed by atoms with Gasteiger partial charge in [0.15, 0.2) is 0 Å². The van der Waals surface area contributed by atoms with Crippen molar-refractivity contribution >= 4 is 33.8 Å². The van der Waals surface area contributed by atoms with Crippen LogP contribution in [0, 0.1) is 6.92 Å². The summed E-state index contributed by atoms with van der Waals surface area (Å²) in [6, 6.07) is 15.8. The van der Waals surface area contributed by atoms with Crippen LogP contribution in [0.15, 0.2) is 71.7 Å². The molecule has 8 heteroatoms. The lowest BCUT2D eigenvalue weighted by molar-refractivity contribution is 0.721. The second-order valence-corrected chi connectivity index (χ2v) is 7.47. The third-order valence-electron chi connectivity index (χ3n) is 4.09. The monoisotopic (exact) mass is 408 g/mol. The molecule has 0 radical (unpaired) electrons. The molecular weight excluding hydrogens is 392 g/mol. The molecule has 4 aromatic rings. The lowest BCUT2D eigenvalue weighted by Crippen LogP contribution is -2.14. The van der Waals surface area contributed by atoms with Gasteiger partial charge in [-0.1, -0.05) is 53.6 Å². The van der Waals surface area contributed by atoms with E-state index in [2.05, 4.69) is 56.8 Å². The number of benzene rings is 2. The molecule has 4 rings (SSSR count). The Labute approximate surface area is 171 Å². The van der Waals surface area contributed by atoms with E-state index in [0.29, 0.717) is 11.6 Å². The van der Waals surface area contributed by atoms with E-state index in [-0.39, 0.29) is 0 Å². The van der Waals surface area contributed by atoms with Gasteiger partial charge in [-0.3, -0.25) is 5.43 Å². The van der Waals surface area contributed by atoms with Gasteiger partial charge in [-0.2, -0.15) is 10.2 Å². The van der Waals surface area contributed by atoms with Crippen LogP contribution in [-0.2, 0) is 6.54 Å². The molecule has 0 atom stereocenters. The highest BCUT2D eigenvalue weighted by molar-refractivity contribution is 7.14. The molecule has 0 aliphatic carbocycles. The fourth-order valence-electron chi connectivity index (χ4n) is 2.60. The molecule has 1 N–H and O–H groups in total. The van der Waals surface area contributed by atoms with Crippen LogP contribution in [0.1, 0.15) is 11.1 Å². The van der Waals surface area contributed by atoms with E-state index in [4.69, 9.17) is 11.6 Å². The van der Waals surface area contributed by atoms with E-state index in [1.807, 2.05) is 29.6 Å². The van der Waals surface area contributed by atoms with Crippen LogP contribution >= 0.6 is 22.9 Å². The smallest absolute Gasteiger partial charge is 0.203 e. The summed E-state index contributed by atoms with van der Waals surface area (Å²) in [4.78, 5) is 8.62. The van der Waals surface area contributed by atoms with Gasteiger partial charge in [-0.25, -0.2) is 14.6 Å². The predicted octanol–water partition coefficient (Wildman–Crippen LogP) is 4.88. The summed E-state index contributed by atoms with van der Waals surface area (Å²) in [5, 5.41) is 12.2. The minimum Gasteiger partial charge on any atom is -0.252 e. The van der Waals surface area contributed by atoms with E-state index in [0.717, 1.165) is 27.7 Å². The van der Waals surface area contributed by atoms with Gasteiger partial charge in [0.05, 0.1) is 18.0 Å². The molecule has 0 bridgehead atoms. The molecule has 28 heavy (non-hydrogen) atoms. The molecule has 0 aliphatic rings. The van der Waals surface area contributed by atoms with Gasteiger partial charge in [0.25, 0.3) is 0 Å². The molecule has 0 unspecified atom stereocenters. The van der Waals surface area contributed by atoms with Gasteiger partial charge in [0.1, 0.15) is 12.7 Å². The Morgan fingerprint density at radius 1 is 1.14 bits per heavy atom. The summed E-state index contributed by atoms with van der Waals surface area (Å²) in [6.45, 7) is 2.55. The first-order valence-corrected chi connectivity index (χ1v) is 9.86. The number of nitrogens with one attached hydrogen (secondary N) is 1. The number of aryl methyl sites for hydroxylation is 1. The minimum atomic E-state index is 0.477. The zero-order valence-electron chi connectivity index (χ0n) is 15.1. The summed E-state index contributed by atoms with van der Waals surface area (Å²) in [5.74, 6) is 0. The van der Waals surface area contributed by atoms with Crippen molar-refractivity contribution in [1.29, 1.82) is 0 Å². The first-order valence-electron chi connectivity index (χ1n) is 8.61. The average molecular weight is 409 g/mol. The number of hydrogen-bond acceptors (Lipinski definition) is 6. The highest BCUT2D eigenvalue weighted by Crippen LogP contribution is 2.25. The Balaban J connectivity index is 1.56. The summed E-state index contributed by atoms with van der Waals surface area (Å²) < 4.78 is 1.72. The standard InChI is InChI=1S/C20H17ClN6S/c1-14-2-4-16(5-3-14)19-11-28-20(24-19)26-25-18(10-27-13-22-12-23-27)15-6-8-17(21)9-7-15/h2-9,11-13H,10H2,1H3,(H,24,26)/b25-18-. The molecule has 0 amide bonds. The third kappa shape index (κ3) is 4.44. The summed E-state index contributed by atoms with van der Waals surface area (Å²) in [6.07, 6.45) is 3.16. The van der Waals surface area contributed by atoms with Crippen molar-refractivity contribution in [3.63, 3.8) is 0 Å². The first-order chi connectivity index (χ1) is 13.7. The number of halogens is 1. The van der Waals surface area contributed by atoms with Gasteiger partial charge in [-0.05, 0) is 24.6 Å². The van der Waals surface area contributed by atoms with Crippen LogP contribution in [0.25, 0.3) is 11.3 Å². The zero-order valence-corrected chi connectivity index (χ0v) is 16.7. The SMILES string of the molecule is Cc1ccc(-c2csc(N/N=C(/Cn3cncn3)c3ccc(Cl)cc3)n2)cc1.